The fraction of sp³-hybridized carbons (Fsp3) is 0.263. The summed E-state index contributed by atoms with van der Waals surface area (Å²) in [6, 6.07) is 10.2. The normalized spacial score (nSPS) is 12.9. The Kier molecular flexibility index (Phi) is 4.01. The van der Waals surface area contributed by atoms with Gasteiger partial charge in [-0.05, 0) is 12.0 Å². The Morgan fingerprint density at radius 2 is 2.04 bits per heavy atom. The molecule has 0 N–H and O–H groups in total. The highest BCUT2D eigenvalue weighted by atomic mass is 16.1. The third kappa shape index (κ3) is 3.03. The zero-order chi connectivity index (χ0) is 17.2. The summed E-state index contributed by atoms with van der Waals surface area (Å²) < 4.78 is 3.55. The van der Waals surface area contributed by atoms with Gasteiger partial charge in [-0.1, -0.05) is 37.3 Å². The van der Waals surface area contributed by atoms with Crippen LogP contribution in [0.25, 0.3) is 0 Å². The summed E-state index contributed by atoms with van der Waals surface area (Å²) in [5.74, 6) is 0.545. The van der Waals surface area contributed by atoms with E-state index in [0.717, 1.165) is 17.7 Å². The van der Waals surface area contributed by atoms with Crippen molar-refractivity contribution in [3.05, 3.63) is 76.1 Å². The summed E-state index contributed by atoms with van der Waals surface area (Å²) in [5.41, 5.74) is 3.69. The van der Waals surface area contributed by atoms with Gasteiger partial charge in [-0.25, -0.2) is 9.98 Å². The molecule has 2 aromatic heterocycles. The monoisotopic (exact) mass is 333 g/mol. The van der Waals surface area contributed by atoms with Gasteiger partial charge in [0.15, 0.2) is 5.82 Å². The standard InChI is InChI=1S/C19H19N5O/c1-2-8-23-13-20-18-16(19(23)25)9-17(22-18)15-10-21-24(12-15)11-14-6-4-3-5-7-14/h3-7,10,12-13H,2,8-9,11H2,1H3. The van der Waals surface area contributed by atoms with E-state index in [0.29, 0.717) is 30.9 Å². The number of rotatable bonds is 5. The Morgan fingerprint density at radius 1 is 1.20 bits per heavy atom. The van der Waals surface area contributed by atoms with Crippen LogP contribution >= 0.6 is 0 Å². The molecule has 6 nitrogen and oxygen atoms in total. The van der Waals surface area contributed by atoms with Crippen molar-refractivity contribution >= 4 is 11.5 Å². The van der Waals surface area contributed by atoms with Gasteiger partial charge in [0.2, 0.25) is 0 Å². The summed E-state index contributed by atoms with van der Waals surface area (Å²) in [5, 5.41) is 4.42. The van der Waals surface area contributed by atoms with Crippen molar-refractivity contribution in [2.45, 2.75) is 32.9 Å². The van der Waals surface area contributed by atoms with Crippen molar-refractivity contribution < 1.29 is 0 Å². The number of aromatic nitrogens is 4. The summed E-state index contributed by atoms with van der Waals surface area (Å²) in [4.78, 5) is 21.4. The highest BCUT2D eigenvalue weighted by Crippen LogP contribution is 2.23. The second kappa shape index (κ2) is 6.47. The minimum absolute atomic E-state index is 0.0160. The summed E-state index contributed by atoms with van der Waals surface area (Å²) in [7, 11) is 0. The molecular formula is C19H19N5O. The lowest BCUT2D eigenvalue weighted by atomic mass is 10.1. The quantitative estimate of drug-likeness (QED) is 0.721. The van der Waals surface area contributed by atoms with E-state index in [2.05, 4.69) is 27.2 Å². The fourth-order valence-corrected chi connectivity index (χ4v) is 3.05. The van der Waals surface area contributed by atoms with E-state index in [1.807, 2.05) is 36.0 Å². The molecule has 1 aliphatic heterocycles. The first-order valence-corrected chi connectivity index (χ1v) is 8.47. The molecule has 0 unspecified atom stereocenters. The van der Waals surface area contributed by atoms with Crippen LogP contribution in [-0.4, -0.2) is 25.0 Å². The first-order valence-electron chi connectivity index (χ1n) is 8.47. The van der Waals surface area contributed by atoms with E-state index in [4.69, 9.17) is 0 Å². The van der Waals surface area contributed by atoms with Crippen LogP contribution in [0.5, 0.6) is 0 Å². The largest absolute Gasteiger partial charge is 0.299 e. The molecular weight excluding hydrogens is 314 g/mol. The third-order valence-electron chi connectivity index (χ3n) is 4.31. The Bertz CT molecular complexity index is 985. The Labute approximate surface area is 145 Å². The molecule has 0 saturated heterocycles. The number of hydrogen-bond acceptors (Lipinski definition) is 4. The molecule has 0 bridgehead atoms. The molecule has 6 heteroatoms. The van der Waals surface area contributed by atoms with Crippen LogP contribution < -0.4 is 5.56 Å². The fourth-order valence-electron chi connectivity index (χ4n) is 3.05. The van der Waals surface area contributed by atoms with E-state index in [1.54, 1.807) is 17.1 Å². The minimum Gasteiger partial charge on any atom is -0.299 e. The molecule has 0 spiro atoms. The van der Waals surface area contributed by atoms with Crippen molar-refractivity contribution in [3.63, 3.8) is 0 Å². The maximum Gasteiger partial charge on any atom is 0.259 e. The van der Waals surface area contributed by atoms with Crippen LogP contribution in [0, 0.1) is 0 Å². The van der Waals surface area contributed by atoms with E-state index in [9.17, 15) is 4.79 Å². The van der Waals surface area contributed by atoms with Crippen LogP contribution in [0.15, 0.2) is 58.8 Å². The lowest BCUT2D eigenvalue weighted by Crippen LogP contribution is -2.23. The van der Waals surface area contributed by atoms with E-state index in [1.165, 1.54) is 5.56 Å². The summed E-state index contributed by atoms with van der Waals surface area (Å²) in [6.07, 6.45) is 6.79. The Balaban J connectivity index is 1.56. The van der Waals surface area contributed by atoms with Gasteiger partial charge >= 0.3 is 0 Å². The van der Waals surface area contributed by atoms with Crippen LogP contribution in [0.1, 0.15) is 30.0 Å². The molecule has 3 aromatic rings. The predicted octanol–water partition coefficient (Wildman–Crippen LogP) is 2.58. The number of aryl methyl sites for hydroxylation is 1. The van der Waals surface area contributed by atoms with Gasteiger partial charge in [0.1, 0.15) is 0 Å². The molecule has 126 valence electrons. The van der Waals surface area contributed by atoms with Crippen molar-refractivity contribution in [2.24, 2.45) is 4.99 Å². The lowest BCUT2D eigenvalue weighted by Gasteiger charge is -2.04. The maximum absolute atomic E-state index is 12.5. The average molecular weight is 333 g/mol. The first-order chi connectivity index (χ1) is 12.2. The van der Waals surface area contributed by atoms with Gasteiger partial charge in [0.05, 0.1) is 30.3 Å². The average Bonchev–Trinajstić information content (AvgIpc) is 3.25. The zero-order valence-electron chi connectivity index (χ0n) is 14.1. The van der Waals surface area contributed by atoms with Gasteiger partial charge in [-0.15, -0.1) is 0 Å². The Morgan fingerprint density at radius 3 is 2.84 bits per heavy atom. The third-order valence-corrected chi connectivity index (χ3v) is 4.31. The topological polar surface area (TPSA) is 65.1 Å². The van der Waals surface area contributed by atoms with Gasteiger partial charge in [-0.2, -0.15) is 5.10 Å². The molecule has 0 amide bonds. The Hall–Kier alpha value is -3.02. The minimum atomic E-state index is 0.0160. The van der Waals surface area contributed by atoms with E-state index in [-0.39, 0.29) is 5.56 Å². The number of fused-ring (bicyclic) bond motifs is 1. The number of nitrogens with zero attached hydrogens (tertiary/aromatic N) is 5. The van der Waals surface area contributed by atoms with Crippen LogP contribution in [-0.2, 0) is 19.5 Å². The van der Waals surface area contributed by atoms with E-state index < -0.39 is 0 Å². The highest BCUT2D eigenvalue weighted by Gasteiger charge is 2.22. The molecule has 1 aromatic carbocycles. The lowest BCUT2D eigenvalue weighted by molar-refractivity contribution is 0.637. The zero-order valence-corrected chi connectivity index (χ0v) is 14.1. The molecule has 3 heterocycles. The molecule has 0 radical (unpaired) electrons. The maximum atomic E-state index is 12.5. The smallest absolute Gasteiger partial charge is 0.259 e. The number of hydrogen-bond donors (Lipinski definition) is 0. The number of aliphatic imine (C=N–C) groups is 1. The highest BCUT2D eigenvalue weighted by molar-refractivity contribution is 6.05. The van der Waals surface area contributed by atoms with Crippen LogP contribution in [0.3, 0.4) is 0 Å². The number of benzene rings is 1. The molecule has 0 fully saturated rings. The summed E-state index contributed by atoms with van der Waals surface area (Å²) in [6.45, 7) is 3.44. The predicted molar refractivity (Wildman–Crippen MR) is 96.5 cm³/mol. The van der Waals surface area contributed by atoms with Gasteiger partial charge in [0, 0.05) is 24.7 Å². The second-order valence-corrected chi connectivity index (χ2v) is 6.19. The van der Waals surface area contributed by atoms with Gasteiger partial charge in [0.25, 0.3) is 5.56 Å². The van der Waals surface area contributed by atoms with Crippen molar-refractivity contribution in [2.75, 3.05) is 0 Å². The summed E-state index contributed by atoms with van der Waals surface area (Å²) >= 11 is 0. The molecule has 0 aliphatic carbocycles. The first kappa shape index (κ1) is 15.5. The van der Waals surface area contributed by atoms with Crippen molar-refractivity contribution in [3.8, 4) is 0 Å². The van der Waals surface area contributed by atoms with Gasteiger partial charge < -0.3 is 0 Å². The molecule has 0 atom stereocenters. The second-order valence-electron chi connectivity index (χ2n) is 6.19. The van der Waals surface area contributed by atoms with Crippen LogP contribution in [0.2, 0.25) is 0 Å². The SMILES string of the molecule is CCCn1cnc2c(c1=O)CC(c1cnn(Cc3ccccc3)c1)=N2. The molecule has 1 aliphatic rings. The molecule has 25 heavy (non-hydrogen) atoms. The van der Waals surface area contributed by atoms with Gasteiger partial charge in [-0.3, -0.25) is 14.0 Å². The molecule has 0 saturated carbocycles. The van der Waals surface area contributed by atoms with Crippen LogP contribution in [0.4, 0.5) is 5.82 Å². The van der Waals surface area contributed by atoms with Crippen molar-refractivity contribution in [1.29, 1.82) is 0 Å². The van der Waals surface area contributed by atoms with Crippen molar-refractivity contribution in [1.82, 2.24) is 19.3 Å². The molecule has 4 rings (SSSR count). The van der Waals surface area contributed by atoms with E-state index >= 15 is 0 Å².